The fourth-order valence-corrected chi connectivity index (χ4v) is 2.03. The van der Waals surface area contributed by atoms with Crippen molar-refractivity contribution in [2.24, 2.45) is 0 Å². The first-order valence-corrected chi connectivity index (χ1v) is 5.68. The van der Waals surface area contributed by atoms with E-state index in [0.29, 0.717) is 11.8 Å². The van der Waals surface area contributed by atoms with Gasteiger partial charge in [0.2, 0.25) is 0 Å². The number of hydrogen-bond donors (Lipinski definition) is 1. The maximum atomic E-state index is 12.2. The van der Waals surface area contributed by atoms with E-state index >= 15 is 0 Å². The van der Waals surface area contributed by atoms with Gasteiger partial charge in [0, 0.05) is 30.7 Å². The highest BCUT2D eigenvalue weighted by Gasteiger charge is 2.29. The van der Waals surface area contributed by atoms with Crippen LogP contribution in [-0.2, 0) is 0 Å². The number of nitrogens with one attached hydrogen (secondary N) is 1. The van der Waals surface area contributed by atoms with Crippen LogP contribution >= 0.6 is 12.4 Å². The molecule has 17 heavy (non-hydrogen) atoms. The highest BCUT2D eigenvalue weighted by molar-refractivity contribution is 5.93. The summed E-state index contributed by atoms with van der Waals surface area (Å²) in [5, 5.41) is 3.35. The van der Waals surface area contributed by atoms with E-state index in [4.69, 9.17) is 4.42 Å². The molecule has 96 valence electrons. The Morgan fingerprint density at radius 1 is 1.53 bits per heavy atom. The van der Waals surface area contributed by atoms with Gasteiger partial charge in [-0.05, 0) is 26.8 Å². The number of nitrogens with zero attached hydrogens (tertiary/aromatic N) is 1. The molecule has 0 saturated carbocycles. The zero-order valence-corrected chi connectivity index (χ0v) is 11.2. The average molecular weight is 259 g/mol. The summed E-state index contributed by atoms with van der Waals surface area (Å²) >= 11 is 0. The molecule has 1 aromatic rings. The fourth-order valence-electron chi connectivity index (χ4n) is 2.03. The Hall–Kier alpha value is -1.00. The summed E-state index contributed by atoms with van der Waals surface area (Å²) in [5.41, 5.74) is 0.906. The van der Waals surface area contributed by atoms with Gasteiger partial charge < -0.3 is 14.6 Å². The Morgan fingerprint density at radius 3 is 2.82 bits per heavy atom. The predicted molar refractivity (Wildman–Crippen MR) is 68.7 cm³/mol. The van der Waals surface area contributed by atoms with Crippen molar-refractivity contribution in [2.45, 2.75) is 32.9 Å². The van der Waals surface area contributed by atoms with Crippen LogP contribution in [0.25, 0.3) is 0 Å². The number of piperazine rings is 1. The second kappa shape index (κ2) is 5.56. The van der Waals surface area contributed by atoms with Gasteiger partial charge in [0.25, 0.3) is 5.91 Å². The standard InChI is InChI=1S/C12H18N2O2.ClH/c1-8-4-5-16-11(8)12(15)14-7-9(2)13-6-10(14)3;/h4-5,9-10,13H,6-7H2,1-3H3;1H. The van der Waals surface area contributed by atoms with Crippen molar-refractivity contribution in [1.29, 1.82) is 0 Å². The Balaban J connectivity index is 0.00000144. The lowest BCUT2D eigenvalue weighted by molar-refractivity contribution is 0.0583. The van der Waals surface area contributed by atoms with E-state index in [1.165, 1.54) is 0 Å². The van der Waals surface area contributed by atoms with E-state index in [1.54, 1.807) is 6.26 Å². The lowest BCUT2D eigenvalue weighted by Gasteiger charge is -2.37. The Kier molecular flexibility index (Phi) is 4.60. The number of carbonyl (C=O) groups is 1. The smallest absolute Gasteiger partial charge is 0.290 e. The summed E-state index contributed by atoms with van der Waals surface area (Å²) in [6, 6.07) is 2.38. The molecule has 2 heterocycles. The summed E-state index contributed by atoms with van der Waals surface area (Å²) in [6.07, 6.45) is 1.57. The van der Waals surface area contributed by atoms with Crippen molar-refractivity contribution in [1.82, 2.24) is 10.2 Å². The summed E-state index contributed by atoms with van der Waals surface area (Å²) in [4.78, 5) is 14.1. The molecule has 1 aromatic heterocycles. The molecule has 0 spiro atoms. The monoisotopic (exact) mass is 258 g/mol. The molecule has 1 N–H and O–H groups in total. The van der Waals surface area contributed by atoms with Crippen LogP contribution in [0, 0.1) is 6.92 Å². The Bertz CT molecular complexity index is 392. The third-order valence-electron chi connectivity index (χ3n) is 3.08. The van der Waals surface area contributed by atoms with Gasteiger partial charge in [-0.1, -0.05) is 0 Å². The van der Waals surface area contributed by atoms with Crippen molar-refractivity contribution in [3.8, 4) is 0 Å². The molecule has 1 fully saturated rings. The van der Waals surface area contributed by atoms with E-state index in [-0.39, 0.29) is 24.4 Å². The van der Waals surface area contributed by atoms with Gasteiger partial charge >= 0.3 is 0 Å². The first-order chi connectivity index (χ1) is 7.59. The third kappa shape index (κ3) is 2.82. The summed E-state index contributed by atoms with van der Waals surface area (Å²) in [5.74, 6) is 0.476. The molecule has 2 rings (SSSR count). The third-order valence-corrected chi connectivity index (χ3v) is 3.08. The Morgan fingerprint density at radius 2 is 2.24 bits per heavy atom. The fraction of sp³-hybridized carbons (Fsp3) is 0.583. The van der Waals surface area contributed by atoms with Gasteiger partial charge in [-0.25, -0.2) is 0 Å². The number of hydrogen-bond acceptors (Lipinski definition) is 3. The van der Waals surface area contributed by atoms with Crippen molar-refractivity contribution in [2.75, 3.05) is 13.1 Å². The minimum Gasteiger partial charge on any atom is -0.459 e. The van der Waals surface area contributed by atoms with Gasteiger partial charge in [0.05, 0.1) is 6.26 Å². The van der Waals surface area contributed by atoms with Crippen molar-refractivity contribution < 1.29 is 9.21 Å². The highest BCUT2D eigenvalue weighted by Crippen LogP contribution is 2.16. The number of furan rings is 1. The maximum Gasteiger partial charge on any atom is 0.290 e. The van der Waals surface area contributed by atoms with Gasteiger partial charge in [-0.15, -0.1) is 12.4 Å². The number of amides is 1. The van der Waals surface area contributed by atoms with E-state index in [2.05, 4.69) is 19.2 Å². The molecule has 1 saturated heterocycles. The number of aryl methyl sites for hydroxylation is 1. The summed E-state index contributed by atoms with van der Waals surface area (Å²) in [6.45, 7) is 7.61. The highest BCUT2D eigenvalue weighted by atomic mass is 35.5. The summed E-state index contributed by atoms with van der Waals surface area (Å²) in [7, 11) is 0. The lowest BCUT2D eigenvalue weighted by Crippen LogP contribution is -2.56. The molecule has 5 heteroatoms. The second-order valence-corrected chi connectivity index (χ2v) is 4.55. The van der Waals surface area contributed by atoms with E-state index in [1.807, 2.05) is 17.9 Å². The van der Waals surface area contributed by atoms with E-state index in [0.717, 1.165) is 18.7 Å². The van der Waals surface area contributed by atoms with Crippen LogP contribution in [-0.4, -0.2) is 36.0 Å². The lowest BCUT2D eigenvalue weighted by atomic mass is 10.1. The molecule has 1 amide bonds. The molecule has 0 bridgehead atoms. The largest absolute Gasteiger partial charge is 0.459 e. The minimum atomic E-state index is 0. The summed E-state index contributed by atoms with van der Waals surface area (Å²) < 4.78 is 5.25. The molecule has 0 aromatic carbocycles. The predicted octanol–water partition coefficient (Wildman–Crippen LogP) is 1.83. The molecular weight excluding hydrogens is 240 g/mol. The number of rotatable bonds is 1. The topological polar surface area (TPSA) is 45.5 Å². The van der Waals surface area contributed by atoms with Crippen LogP contribution in [0.3, 0.4) is 0 Å². The molecule has 2 unspecified atom stereocenters. The van der Waals surface area contributed by atoms with Crippen molar-refractivity contribution in [3.05, 3.63) is 23.7 Å². The van der Waals surface area contributed by atoms with E-state index in [9.17, 15) is 4.79 Å². The molecule has 2 atom stereocenters. The minimum absolute atomic E-state index is 0. The molecular formula is C12H19ClN2O2. The van der Waals surface area contributed by atoms with Crippen molar-refractivity contribution in [3.63, 3.8) is 0 Å². The van der Waals surface area contributed by atoms with Crippen LogP contribution in [0.1, 0.15) is 30.0 Å². The normalized spacial score (nSPS) is 24.3. The first-order valence-electron chi connectivity index (χ1n) is 5.68. The van der Waals surface area contributed by atoms with Gasteiger partial charge in [-0.3, -0.25) is 4.79 Å². The van der Waals surface area contributed by atoms with E-state index < -0.39 is 0 Å². The molecule has 0 radical (unpaired) electrons. The molecule has 1 aliphatic rings. The quantitative estimate of drug-likeness (QED) is 0.836. The zero-order valence-electron chi connectivity index (χ0n) is 10.4. The first kappa shape index (κ1) is 14.1. The number of halogens is 1. The molecule has 0 aliphatic carbocycles. The van der Waals surface area contributed by atoms with Crippen LogP contribution < -0.4 is 5.32 Å². The molecule has 1 aliphatic heterocycles. The Labute approximate surface area is 108 Å². The maximum absolute atomic E-state index is 12.2. The van der Waals surface area contributed by atoms with Crippen LogP contribution in [0.15, 0.2) is 16.7 Å². The van der Waals surface area contributed by atoms with Gasteiger partial charge in [-0.2, -0.15) is 0 Å². The average Bonchev–Trinajstić information content (AvgIpc) is 2.67. The second-order valence-electron chi connectivity index (χ2n) is 4.55. The SMILES string of the molecule is Cc1ccoc1C(=O)N1CC(C)NCC1C.Cl. The van der Waals surface area contributed by atoms with Crippen LogP contribution in [0.4, 0.5) is 0 Å². The van der Waals surface area contributed by atoms with Gasteiger partial charge in [0.15, 0.2) is 5.76 Å². The van der Waals surface area contributed by atoms with Crippen LogP contribution in [0.5, 0.6) is 0 Å². The zero-order chi connectivity index (χ0) is 11.7. The van der Waals surface area contributed by atoms with Crippen LogP contribution in [0.2, 0.25) is 0 Å². The molecule has 4 nitrogen and oxygen atoms in total. The van der Waals surface area contributed by atoms with Gasteiger partial charge in [0.1, 0.15) is 0 Å². The van der Waals surface area contributed by atoms with Crippen molar-refractivity contribution >= 4 is 18.3 Å². The number of carbonyl (C=O) groups excluding carboxylic acids is 1.